The fourth-order valence-corrected chi connectivity index (χ4v) is 2.01. The standard InChI is InChI=1S/C14H15ClN4O2/c1-8(2)19-12(13(16)20)11(7-17-19)18-14(21)9-3-5-10(15)6-4-9/h3-8H,1-2H3,(H2,16,20)(H,18,21). The molecule has 0 unspecified atom stereocenters. The van der Waals surface area contributed by atoms with E-state index in [1.54, 1.807) is 24.3 Å². The summed E-state index contributed by atoms with van der Waals surface area (Å²) in [5.74, 6) is -1.01. The lowest BCUT2D eigenvalue weighted by Gasteiger charge is -2.10. The molecule has 2 rings (SSSR count). The Balaban J connectivity index is 2.29. The van der Waals surface area contributed by atoms with Gasteiger partial charge in [-0.2, -0.15) is 5.10 Å². The van der Waals surface area contributed by atoms with Crippen LogP contribution in [0.5, 0.6) is 0 Å². The van der Waals surface area contributed by atoms with Crippen LogP contribution in [-0.4, -0.2) is 21.6 Å². The Bertz CT molecular complexity index is 677. The second-order valence-electron chi connectivity index (χ2n) is 4.77. The fraction of sp³-hybridized carbons (Fsp3) is 0.214. The van der Waals surface area contributed by atoms with E-state index in [0.717, 1.165) is 0 Å². The van der Waals surface area contributed by atoms with Gasteiger partial charge in [0.25, 0.3) is 11.8 Å². The van der Waals surface area contributed by atoms with Crippen LogP contribution in [0.2, 0.25) is 5.02 Å². The number of hydrogen-bond donors (Lipinski definition) is 2. The van der Waals surface area contributed by atoms with Crippen molar-refractivity contribution in [1.82, 2.24) is 9.78 Å². The third kappa shape index (κ3) is 3.22. The molecule has 0 saturated heterocycles. The number of amides is 2. The van der Waals surface area contributed by atoms with Crippen LogP contribution in [0.1, 0.15) is 40.7 Å². The molecule has 0 radical (unpaired) electrons. The SMILES string of the molecule is CC(C)n1ncc(NC(=O)c2ccc(Cl)cc2)c1C(N)=O. The maximum absolute atomic E-state index is 12.1. The molecule has 1 heterocycles. The van der Waals surface area contributed by atoms with Crippen LogP contribution in [0.3, 0.4) is 0 Å². The maximum Gasteiger partial charge on any atom is 0.269 e. The van der Waals surface area contributed by atoms with Gasteiger partial charge in [-0.1, -0.05) is 11.6 Å². The zero-order valence-electron chi connectivity index (χ0n) is 11.6. The molecular formula is C14H15ClN4O2. The zero-order valence-corrected chi connectivity index (χ0v) is 12.4. The molecular weight excluding hydrogens is 292 g/mol. The van der Waals surface area contributed by atoms with Crippen molar-refractivity contribution in [3.8, 4) is 0 Å². The Labute approximate surface area is 126 Å². The average molecular weight is 307 g/mol. The first-order chi connectivity index (χ1) is 9.90. The summed E-state index contributed by atoms with van der Waals surface area (Å²) in [6.07, 6.45) is 1.41. The van der Waals surface area contributed by atoms with Crippen molar-refractivity contribution in [2.75, 3.05) is 5.32 Å². The highest BCUT2D eigenvalue weighted by atomic mass is 35.5. The average Bonchev–Trinajstić information content (AvgIpc) is 2.83. The van der Waals surface area contributed by atoms with Crippen molar-refractivity contribution in [3.63, 3.8) is 0 Å². The number of benzene rings is 1. The molecule has 2 aromatic rings. The Morgan fingerprint density at radius 2 is 1.90 bits per heavy atom. The van der Waals surface area contributed by atoms with Crippen molar-refractivity contribution in [2.24, 2.45) is 5.73 Å². The molecule has 0 aliphatic heterocycles. The number of primary amides is 1. The maximum atomic E-state index is 12.1. The summed E-state index contributed by atoms with van der Waals surface area (Å²) in [4.78, 5) is 23.7. The topological polar surface area (TPSA) is 90.0 Å². The predicted molar refractivity (Wildman–Crippen MR) is 80.5 cm³/mol. The van der Waals surface area contributed by atoms with E-state index in [-0.39, 0.29) is 23.3 Å². The van der Waals surface area contributed by atoms with E-state index in [2.05, 4.69) is 10.4 Å². The van der Waals surface area contributed by atoms with Crippen LogP contribution in [0.15, 0.2) is 30.5 Å². The van der Waals surface area contributed by atoms with Crippen LogP contribution in [0.25, 0.3) is 0 Å². The molecule has 0 fully saturated rings. The third-order valence-electron chi connectivity index (χ3n) is 2.87. The van der Waals surface area contributed by atoms with Gasteiger partial charge in [0.05, 0.1) is 11.9 Å². The lowest BCUT2D eigenvalue weighted by molar-refractivity contribution is 0.0989. The number of carbonyl (C=O) groups excluding carboxylic acids is 2. The Kier molecular flexibility index (Phi) is 4.28. The number of carbonyl (C=O) groups is 2. The summed E-state index contributed by atoms with van der Waals surface area (Å²) in [5.41, 5.74) is 6.25. The smallest absolute Gasteiger partial charge is 0.269 e. The molecule has 110 valence electrons. The number of aromatic nitrogens is 2. The first-order valence-corrected chi connectivity index (χ1v) is 6.72. The highest BCUT2D eigenvalue weighted by molar-refractivity contribution is 6.30. The molecule has 2 amide bonds. The highest BCUT2D eigenvalue weighted by Crippen LogP contribution is 2.19. The number of nitrogens with two attached hydrogens (primary N) is 1. The van der Waals surface area contributed by atoms with Crippen molar-refractivity contribution < 1.29 is 9.59 Å². The van der Waals surface area contributed by atoms with Crippen molar-refractivity contribution in [2.45, 2.75) is 19.9 Å². The van der Waals surface area contributed by atoms with E-state index < -0.39 is 5.91 Å². The van der Waals surface area contributed by atoms with Crippen LogP contribution in [-0.2, 0) is 0 Å². The molecule has 1 aromatic heterocycles. The summed E-state index contributed by atoms with van der Waals surface area (Å²) in [6.45, 7) is 3.73. The van der Waals surface area contributed by atoms with Gasteiger partial charge in [0.1, 0.15) is 5.69 Å². The minimum absolute atomic E-state index is 0.0475. The van der Waals surface area contributed by atoms with E-state index in [1.165, 1.54) is 10.9 Å². The van der Waals surface area contributed by atoms with Crippen LogP contribution in [0, 0.1) is 0 Å². The van der Waals surface area contributed by atoms with Gasteiger partial charge in [0.2, 0.25) is 0 Å². The Morgan fingerprint density at radius 3 is 2.43 bits per heavy atom. The van der Waals surface area contributed by atoms with Crippen molar-refractivity contribution in [1.29, 1.82) is 0 Å². The summed E-state index contributed by atoms with van der Waals surface area (Å²) in [6, 6.07) is 6.36. The van der Waals surface area contributed by atoms with Gasteiger partial charge in [-0.15, -0.1) is 0 Å². The Hall–Kier alpha value is -2.34. The van der Waals surface area contributed by atoms with Crippen LogP contribution < -0.4 is 11.1 Å². The summed E-state index contributed by atoms with van der Waals surface area (Å²) >= 11 is 5.78. The van der Waals surface area contributed by atoms with E-state index in [4.69, 9.17) is 17.3 Å². The summed E-state index contributed by atoms with van der Waals surface area (Å²) < 4.78 is 1.47. The van der Waals surface area contributed by atoms with E-state index >= 15 is 0 Å². The van der Waals surface area contributed by atoms with Gasteiger partial charge in [-0.3, -0.25) is 14.3 Å². The lowest BCUT2D eigenvalue weighted by Crippen LogP contribution is -2.22. The van der Waals surface area contributed by atoms with Gasteiger partial charge in [-0.05, 0) is 38.1 Å². The fourth-order valence-electron chi connectivity index (χ4n) is 1.89. The molecule has 0 aliphatic carbocycles. The van der Waals surface area contributed by atoms with Gasteiger partial charge < -0.3 is 11.1 Å². The van der Waals surface area contributed by atoms with Gasteiger partial charge in [0.15, 0.2) is 0 Å². The molecule has 1 aromatic carbocycles. The van der Waals surface area contributed by atoms with Gasteiger partial charge >= 0.3 is 0 Å². The Morgan fingerprint density at radius 1 is 1.29 bits per heavy atom. The largest absolute Gasteiger partial charge is 0.364 e. The molecule has 21 heavy (non-hydrogen) atoms. The van der Waals surface area contributed by atoms with Gasteiger partial charge in [0, 0.05) is 16.6 Å². The first-order valence-electron chi connectivity index (χ1n) is 6.34. The van der Waals surface area contributed by atoms with Gasteiger partial charge in [-0.25, -0.2) is 0 Å². The quantitative estimate of drug-likeness (QED) is 0.909. The number of anilines is 1. The number of hydrogen-bond acceptors (Lipinski definition) is 3. The molecule has 3 N–H and O–H groups in total. The first kappa shape index (κ1) is 15.1. The monoisotopic (exact) mass is 306 g/mol. The molecule has 0 aliphatic rings. The molecule has 0 bridgehead atoms. The number of nitrogens with zero attached hydrogens (tertiary/aromatic N) is 2. The molecule has 0 spiro atoms. The third-order valence-corrected chi connectivity index (χ3v) is 3.12. The minimum Gasteiger partial charge on any atom is -0.364 e. The zero-order chi connectivity index (χ0) is 15.6. The molecule has 7 heteroatoms. The van der Waals surface area contributed by atoms with E-state index in [0.29, 0.717) is 10.6 Å². The predicted octanol–water partition coefficient (Wildman–Crippen LogP) is 2.47. The van der Waals surface area contributed by atoms with Crippen LogP contribution >= 0.6 is 11.6 Å². The van der Waals surface area contributed by atoms with E-state index in [1.807, 2.05) is 13.8 Å². The van der Waals surface area contributed by atoms with Crippen LogP contribution in [0.4, 0.5) is 5.69 Å². The lowest BCUT2D eigenvalue weighted by atomic mass is 10.2. The number of halogens is 1. The number of rotatable bonds is 4. The minimum atomic E-state index is -0.646. The second kappa shape index (κ2) is 5.97. The second-order valence-corrected chi connectivity index (χ2v) is 5.21. The van der Waals surface area contributed by atoms with E-state index in [9.17, 15) is 9.59 Å². The highest BCUT2D eigenvalue weighted by Gasteiger charge is 2.19. The number of nitrogens with one attached hydrogen (secondary N) is 1. The molecule has 0 saturated carbocycles. The summed E-state index contributed by atoms with van der Waals surface area (Å²) in [7, 11) is 0. The summed E-state index contributed by atoms with van der Waals surface area (Å²) in [5, 5.41) is 7.25. The molecule has 6 nitrogen and oxygen atoms in total. The normalized spacial score (nSPS) is 10.7. The van der Waals surface area contributed by atoms with Crippen molar-refractivity contribution in [3.05, 3.63) is 46.7 Å². The van der Waals surface area contributed by atoms with Crippen molar-refractivity contribution >= 4 is 29.1 Å². The molecule has 0 atom stereocenters.